The largest absolute Gasteiger partial charge is 0.347 e. The van der Waals surface area contributed by atoms with Gasteiger partial charge in [0.15, 0.2) is 0 Å². The Kier molecular flexibility index (Phi) is 7.00. The van der Waals surface area contributed by atoms with Crippen LogP contribution in [0.25, 0.3) is 10.8 Å². The van der Waals surface area contributed by atoms with Crippen LogP contribution in [0.4, 0.5) is 0 Å². The molecule has 5 nitrogen and oxygen atoms in total. The van der Waals surface area contributed by atoms with Gasteiger partial charge in [-0.2, -0.15) is 0 Å². The van der Waals surface area contributed by atoms with Crippen LogP contribution in [0.2, 0.25) is 0 Å². The lowest BCUT2D eigenvalue weighted by atomic mass is 10.0. The van der Waals surface area contributed by atoms with Crippen LogP contribution in [0.5, 0.6) is 0 Å². The van der Waals surface area contributed by atoms with E-state index in [1.165, 1.54) is 0 Å². The van der Waals surface area contributed by atoms with Crippen molar-refractivity contribution in [1.82, 2.24) is 15.5 Å². The molecule has 0 spiro atoms. The third-order valence-electron chi connectivity index (χ3n) is 5.02. The van der Waals surface area contributed by atoms with E-state index in [-0.39, 0.29) is 49.3 Å². The number of rotatable bonds is 4. The second-order valence-electron chi connectivity index (χ2n) is 6.66. The lowest BCUT2D eigenvalue weighted by Gasteiger charge is -2.38. The second kappa shape index (κ2) is 9.01. The number of hydrogen-bond donors (Lipinski definition) is 2. The normalized spacial score (nSPS) is 19.7. The van der Waals surface area contributed by atoms with Crippen molar-refractivity contribution in [2.24, 2.45) is 0 Å². The molecule has 26 heavy (non-hydrogen) atoms. The number of hydrogen-bond acceptors (Lipinski definition) is 3. The molecule has 0 aliphatic carbocycles. The summed E-state index contributed by atoms with van der Waals surface area (Å²) < 4.78 is 0. The number of halogens is 1. The lowest BCUT2D eigenvalue weighted by molar-refractivity contribution is -0.135. The Bertz CT molecular complexity index is 775. The van der Waals surface area contributed by atoms with Crippen molar-refractivity contribution in [3.8, 4) is 0 Å². The molecule has 140 valence electrons. The Morgan fingerprint density at radius 2 is 1.88 bits per heavy atom. The van der Waals surface area contributed by atoms with Crippen molar-refractivity contribution in [3.63, 3.8) is 0 Å². The van der Waals surface area contributed by atoms with Crippen molar-refractivity contribution in [1.29, 1.82) is 0 Å². The van der Waals surface area contributed by atoms with E-state index in [0.29, 0.717) is 6.54 Å². The quantitative estimate of drug-likeness (QED) is 0.860. The Balaban J connectivity index is 0.00000243. The molecule has 2 atom stereocenters. The van der Waals surface area contributed by atoms with Gasteiger partial charge in [-0.1, -0.05) is 42.5 Å². The first-order valence-electron chi connectivity index (χ1n) is 8.82. The molecule has 1 saturated heterocycles. The topological polar surface area (TPSA) is 61.4 Å². The van der Waals surface area contributed by atoms with E-state index in [1.807, 2.05) is 54.3 Å². The average molecular weight is 376 g/mol. The standard InChI is InChI=1S/C20H25N3O2.ClH/c1-14-15(2)23(11-10-21-14)20(25)13-22-19(24)12-17-8-5-7-16-6-3-4-9-18(16)17;/h3-9,14-15,21H,10-13H2,1-2H3,(H,22,24);1H. The van der Waals surface area contributed by atoms with Gasteiger partial charge in [0.2, 0.25) is 11.8 Å². The molecule has 2 aromatic rings. The fourth-order valence-electron chi connectivity index (χ4n) is 3.37. The average Bonchev–Trinajstić information content (AvgIpc) is 2.62. The molecule has 1 aliphatic rings. The SMILES string of the molecule is CC1NCCN(C(=O)CNC(=O)Cc2cccc3ccccc23)C1C.Cl. The van der Waals surface area contributed by atoms with E-state index >= 15 is 0 Å². The summed E-state index contributed by atoms with van der Waals surface area (Å²) in [7, 11) is 0. The van der Waals surface area contributed by atoms with Gasteiger partial charge >= 0.3 is 0 Å². The number of carbonyl (C=O) groups excluding carboxylic acids is 2. The minimum atomic E-state index is -0.125. The summed E-state index contributed by atoms with van der Waals surface area (Å²) in [4.78, 5) is 26.5. The highest BCUT2D eigenvalue weighted by atomic mass is 35.5. The van der Waals surface area contributed by atoms with Crippen LogP contribution in [0.1, 0.15) is 19.4 Å². The van der Waals surface area contributed by atoms with Crippen LogP contribution < -0.4 is 10.6 Å². The van der Waals surface area contributed by atoms with E-state index in [4.69, 9.17) is 0 Å². The zero-order valence-corrected chi connectivity index (χ0v) is 16.0. The number of amides is 2. The zero-order chi connectivity index (χ0) is 17.8. The third-order valence-corrected chi connectivity index (χ3v) is 5.02. The molecule has 2 aromatic carbocycles. The summed E-state index contributed by atoms with van der Waals surface area (Å²) in [6.07, 6.45) is 0.280. The highest BCUT2D eigenvalue weighted by Crippen LogP contribution is 2.18. The molecule has 3 rings (SSSR count). The number of nitrogens with one attached hydrogen (secondary N) is 2. The first-order chi connectivity index (χ1) is 12.1. The summed E-state index contributed by atoms with van der Waals surface area (Å²) in [6, 6.07) is 14.4. The molecule has 2 amide bonds. The third kappa shape index (κ3) is 4.54. The van der Waals surface area contributed by atoms with Gasteiger partial charge in [-0.25, -0.2) is 0 Å². The summed E-state index contributed by atoms with van der Waals surface area (Å²) in [5, 5.41) is 8.33. The maximum absolute atomic E-state index is 12.4. The highest BCUT2D eigenvalue weighted by molar-refractivity contribution is 5.91. The number of piperazine rings is 1. The van der Waals surface area contributed by atoms with Crippen molar-refractivity contribution in [3.05, 3.63) is 48.0 Å². The molecule has 6 heteroatoms. The van der Waals surface area contributed by atoms with Crippen LogP contribution in [-0.4, -0.2) is 48.4 Å². The maximum atomic E-state index is 12.4. The van der Waals surface area contributed by atoms with Crippen LogP contribution in [0.3, 0.4) is 0 Å². The van der Waals surface area contributed by atoms with Crippen molar-refractivity contribution >= 4 is 35.0 Å². The molecule has 1 heterocycles. The fourth-order valence-corrected chi connectivity index (χ4v) is 3.37. The van der Waals surface area contributed by atoms with E-state index in [1.54, 1.807) is 0 Å². The Morgan fingerprint density at radius 1 is 1.15 bits per heavy atom. The molecule has 0 saturated carbocycles. The number of nitrogens with zero attached hydrogens (tertiary/aromatic N) is 1. The summed E-state index contributed by atoms with van der Waals surface area (Å²) in [5.74, 6) is -0.146. The number of carbonyl (C=O) groups is 2. The minimum Gasteiger partial charge on any atom is -0.347 e. The van der Waals surface area contributed by atoms with Crippen LogP contribution in [0, 0.1) is 0 Å². The number of benzene rings is 2. The monoisotopic (exact) mass is 375 g/mol. The van der Waals surface area contributed by atoms with Gasteiger partial charge in [0.25, 0.3) is 0 Å². The van der Waals surface area contributed by atoms with Crippen LogP contribution >= 0.6 is 12.4 Å². The Labute approximate surface area is 160 Å². The molecular formula is C20H26ClN3O2. The van der Waals surface area contributed by atoms with Gasteiger partial charge in [-0.05, 0) is 30.2 Å². The van der Waals surface area contributed by atoms with Crippen molar-refractivity contribution in [2.45, 2.75) is 32.4 Å². The Morgan fingerprint density at radius 3 is 2.69 bits per heavy atom. The Hall–Kier alpha value is -2.11. The van der Waals surface area contributed by atoms with Crippen LogP contribution in [0.15, 0.2) is 42.5 Å². The molecular weight excluding hydrogens is 350 g/mol. The van der Waals surface area contributed by atoms with Gasteiger partial charge in [-0.15, -0.1) is 12.4 Å². The summed E-state index contributed by atoms with van der Waals surface area (Å²) >= 11 is 0. The number of fused-ring (bicyclic) bond motifs is 1. The first-order valence-corrected chi connectivity index (χ1v) is 8.82. The van der Waals surface area contributed by atoms with E-state index in [9.17, 15) is 9.59 Å². The first kappa shape index (κ1) is 20.2. The summed E-state index contributed by atoms with van der Waals surface area (Å²) in [5.41, 5.74) is 0.979. The van der Waals surface area contributed by atoms with E-state index in [2.05, 4.69) is 17.6 Å². The maximum Gasteiger partial charge on any atom is 0.242 e. The predicted octanol–water partition coefficient (Wildman–Crippen LogP) is 2.13. The molecule has 2 unspecified atom stereocenters. The fraction of sp³-hybridized carbons (Fsp3) is 0.400. The molecule has 0 radical (unpaired) electrons. The molecule has 2 N–H and O–H groups in total. The van der Waals surface area contributed by atoms with Gasteiger partial charge in [-0.3, -0.25) is 9.59 Å². The van der Waals surface area contributed by atoms with Gasteiger partial charge in [0.05, 0.1) is 13.0 Å². The lowest BCUT2D eigenvalue weighted by Crippen LogP contribution is -2.58. The molecule has 1 fully saturated rings. The highest BCUT2D eigenvalue weighted by Gasteiger charge is 2.27. The predicted molar refractivity (Wildman–Crippen MR) is 107 cm³/mol. The zero-order valence-electron chi connectivity index (χ0n) is 15.2. The second-order valence-corrected chi connectivity index (χ2v) is 6.66. The smallest absolute Gasteiger partial charge is 0.242 e. The molecule has 1 aliphatic heterocycles. The van der Waals surface area contributed by atoms with Gasteiger partial charge < -0.3 is 15.5 Å². The van der Waals surface area contributed by atoms with Gasteiger partial charge in [0, 0.05) is 25.2 Å². The van der Waals surface area contributed by atoms with Gasteiger partial charge in [0.1, 0.15) is 0 Å². The van der Waals surface area contributed by atoms with Crippen LogP contribution in [-0.2, 0) is 16.0 Å². The molecule has 0 bridgehead atoms. The molecule has 0 aromatic heterocycles. The van der Waals surface area contributed by atoms with Crippen molar-refractivity contribution in [2.75, 3.05) is 19.6 Å². The minimum absolute atomic E-state index is 0. The van der Waals surface area contributed by atoms with Crippen molar-refractivity contribution < 1.29 is 9.59 Å². The summed E-state index contributed by atoms with van der Waals surface area (Å²) in [6.45, 7) is 5.64. The van der Waals surface area contributed by atoms with E-state index in [0.717, 1.165) is 22.9 Å². The van der Waals surface area contributed by atoms with E-state index < -0.39 is 0 Å².